The topological polar surface area (TPSA) is 51.4 Å². The van der Waals surface area contributed by atoms with Crippen molar-refractivity contribution in [2.45, 2.75) is 26.4 Å². The molecule has 1 aromatic heterocycles. The van der Waals surface area contributed by atoms with E-state index in [4.69, 9.17) is 10.5 Å². The summed E-state index contributed by atoms with van der Waals surface area (Å²) in [6, 6.07) is 13.9. The zero-order chi connectivity index (χ0) is 15.1. The van der Waals surface area contributed by atoms with Crippen molar-refractivity contribution in [1.82, 2.24) is 9.88 Å². The van der Waals surface area contributed by atoms with Gasteiger partial charge in [-0.1, -0.05) is 31.2 Å². The third-order valence-electron chi connectivity index (χ3n) is 3.36. The highest BCUT2D eigenvalue weighted by molar-refractivity contribution is 5.46. The van der Waals surface area contributed by atoms with Gasteiger partial charge < -0.3 is 10.5 Å². The Hall–Kier alpha value is -2.07. The number of pyridine rings is 1. The Morgan fingerprint density at radius 3 is 2.62 bits per heavy atom. The molecule has 2 N–H and O–H groups in total. The molecule has 0 saturated carbocycles. The predicted molar refractivity (Wildman–Crippen MR) is 86.0 cm³/mol. The predicted octanol–water partition coefficient (Wildman–Crippen LogP) is 3.08. The second-order valence-electron chi connectivity index (χ2n) is 5.08. The Balaban J connectivity index is 2.10. The van der Waals surface area contributed by atoms with E-state index in [1.54, 1.807) is 7.11 Å². The highest BCUT2D eigenvalue weighted by atomic mass is 16.5. The molecule has 2 rings (SSSR count). The summed E-state index contributed by atoms with van der Waals surface area (Å²) in [5.41, 5.74) is 9.06. The van der Waals surface area contributed by atoms with Crippen LogP contribution in [0.4, 0.5) is 5.69 Å². The van der Waals surface area contributed by atoms with Gasteiger partial charge in [0.2, 0.25) is 5.88 Å². The van der Waals surface area contributed by atoms with Gasteiger partial charge in [0.1, 0.15) is 0 Å². The lowest BCUT2D eigenvalue weighted by Gasteiger charge is -2.22. The molecule has 0 saturated heterocycles. The Labute approximate surface area is 126 Å². The van der Waals surface area contributed by atoms with E-state index in [1.807, 2.05) is 36.4 Å². The third kappa shape index (κ3) is 4.46. The summed E-state index contributed by atoms with van der Waals surface area (Å²) in [5.74, 6) is 0.656. The minimum atomic E-state index is 0.656. The fraction of sp³-hybridized carbons (Fsp3) is 0.353. The van der Waals surface area contributed by atoms with Crippen LogP contribution in [0.1, 0.15) is 24.6 Å². The number of nitrogens with zero attached hydrogens (tertiary/aromatic N) is 2. The first kappa shape index (κ1) is 15.3. The summed E-state index contributed by atoms with van der Waals surface area (Å²) in [6.45, 7) is 4.81. The fourth-order valence-corrected chi connectivity index (χ4v) is 2.34. The Morgan fingerprint density at radius 2 is 1.90 bits per heavy atom. The van der Waals surface area contributed by atoms with Crippen molar-refractivity contribution in [2.75, 3.05) is 19.4 Å². The number of anilines is 1. The van der Waals surface area contributed by atoms with Crippen LogP contribution in [0.2, 0.25) is 0 Å². The molecule has 0 fully saturated rings. The first-order chi connectivity index (χ1) is 10.2. The van der Waals surface area contributed by atoms with Crippen LogP contribution in [0.3, 0.4) is 0 Å². The van der Waals surface area contributed by atoms with Gasteiger partial charge in [-0.3, -0.25) is 4.90 Å². The fourth-order valence-electron chi connectivity index (χ4n) is 2.34. The van der Waals surface area contributed by atoms with Crippen molar-refractivity contribution in [3.05, 3.63) is 53.7 Å². The molecular weight excluding hydrogens is 262 g/mol. The van der Waals surface area contributed by atoms with Gasteiger partial charge in [-0.2, -0.15) is 0 Å². The van der Waals surface area contributed by atoms with Crippen LogP contribution < -0.4 is 10.5 Å². The number of aromatic nitrogens is 1. The van der Waals surface area contributed by atoms with Gasteiger partial charge >= 0.3 is 0 Å². The number of ether oxygens (including phenoxy) is 1. The zero-order valence-electron chi connectivity index (χ0n) is 12.7. The maximum atomic E-state index is 6.04. The summed E-state index contributed by atoms with van der Waals surface area (Å²) in [4.78, 5) is 6.84. The highest BCUT2D eigenvalue weighted by Gasteiger charge is 2.09. The molecule has 0 atom stereocenters. The number of para-hydroxylation sites is 1. The lowest BCUT2D eigenvalue weighted by molar-refractivity contribution is 0.253. The molecule has 0 aliphatic heterocycles. The maximum absolute atomic E-state index is 6.04. The van der Waals surface area contributed by atoms with Crippen LogP contribution in [0.15, 0.2) is 42.5 Å². The zero-order valence-corrected chi connectivity index (χ0v) is 12.7. The summed E-state index contributed by atoms with van der Waals surface area (Å²) < 4.78 is 5.18. The minimum absolute atomic E-state index is 0.656. The normalized spacial score (nSPS) is 10.8. The van der Waals surface area contributed by atoms with Crippen LogP contribution in [-0.2, 0) is 13.1 Å². The second-order valence-corrected chi connectivity index (χ2v) is 5.08. The number of hydrogen-bond donors (Lipinski definition) is 1. The van der Waals surface area contributed by atoms with Crippen LogP contribution in [0.5, 0.6) is 5.88 Å². The average Bonchev–Trinajstić information content (AvgIpc) is 2.50. The minimum Gasteiger partial charge on any atom is -0.481 e. The number of benzene rings is 1. The van der Waals surface area contributed by atoms with E-state index >= 15 is 0 Å². The van der Waals surface area contributed by atoms with E-state index in [1.165, 1.54) is 0 Å². The van der Waals surface area contributed by atoms with Crippen molar-refractivity contribution in [2.24, 2.45) is 0 Å². The second kappa shape index (κ2) is 7.64. The van der Waals surface area contributed by atoms with Crippen molar-refractivity contribution in [3.8, 4) is 5.88 Å². The van der Waals surface area contributed by atoms with Gasteiger partial charge in [0.05, 0.1) is 12.8 Å². The standard InChI is InChI=1S/C17H23N3O/c1-3-11-20(12-14-7-4-5-9-16(14)18)13-15-8-6-10-17(19-15)21-2/h4-10H,3,11-13,18H2,1-2H3. The number of nitrogen functional groups attached to an aromatic ring is 1. The summed E-state index contributed by atoms with van der Waals surface area (Å²) in [6.07, 6.45) is 1.09. The molecular formula is C17H23N3O. The molecule has 1 aromatic carbocycles. The number of methoxy groups -OCH3 is 1. The quantitative estimate of drug-likeness (QED) is 0.794. The molecule has 112 valence electrons. The Kier molecular flexibility index (Phi) is 5.58. The Bertz CT molecular complexity index is 571. The van der Waals surface area contributed by atoms with Gasteiger partial charge in [-0.25, -0.2) is 4.98 Å². The van der Waals surface area contributed by atoms with E-state index in [0.29, 0.717) is 5.88 Å². The molecule has 2 aromatic rings. The molecule has 1 heterocycles. The van der Waals surface area contributed by atoms with Crippen molar-refractivity contribution >= 4 is 5.69 Å². The van der Waals surface area contributed by atoms with E-state index in [-0.39, 0.29) is 0 Å². The van der Waals surface area contributed by atoms with E-state index in [2.05, 4.69) is 22.9 Å². The Morgan fingerprint density at radius 1 is 1.10 bits per heavy atom. The first-order valence-electron chi connectivity index (χ1n) is 7.28. The molecule has 0 spiro atoms. The highest BCUT2D eigenvalue weighted by Crippen LogP contribution is 2.16. The molecule has 21 heavy (non-hydrogen) atoms. The molecule has 4 heteroatoms. The SMILES string of the molecule is CCCN(Cc1cccc(OC)n1)Cc1ccccc1N. The largest absolute Gasteiger partial charge is 0.481 e. The van der Waals surface area contributed by atoms with Gasteiger partial charge in [0.15, 0.2) is 0 Å². The summed E-state index contributed by atoms with van der Waals surface area (Å²) >= 11 is 0. The molecule has 0 unspecified atom stereocenters. The van der Waals surface area contributed by atoms with Crippen LogP contribution in [-0.4, -0.2) is 23.5 Å². The average molecular weight is 285 g/mol. The smallest absolute Gasteiger partial charge is 0.213 e. The van der Waals surface area contributed by atoms with Crippen molar-refractivity contribution < 1.29 is 4.74 Å². The van der Waals surface area contributed by atoms with Gasteiger partial charge in [0, 0.05) is 24.8 Å². The van der Waals surface area contributed by atoms with E-state index in [0.717, 1.165) is 43.0 Å². The van der Waals surface area contributed by atoms with Crippen LogP contribution in [0.25, 0.3) is 0 Å². The monoisotopic (exact) mass is 285 g/mol. The lowest BCUT2D eigenvalue weighted by atomic mass is 10.1. The van der Waals surface area contributed by atoms with Crippen LogP contribution in [0, 0.1) is 0 Å². The molecule has 4 nitrogen and oxygen atoms in total. The van der Waals surface area contributed by atoms with E-state index in [9.17, 15) is 0 Å². The summed E-state index contributed by atoms with van der Waals surface area (Å²) in [7, 11) is 1.64. The van der Waals surface area contributed by atoms with Gasteiger partial charge in [-0.15, -0.1) is 0 Å². The summed E-state index contributed by atoms with van der Waals surface area (Å²) in [5, 5.41) is 0. The van der Waals surface area contributed by atoms with Crippen molar-refractivity contribution in [3.63, 3.8) is 0 Å². The molecule has 0 aliphatic rings. The maximum Gasteiger partial charge on any atom is 0.213 e. The molecule has 0 radical (unpaired) electrons. The van der Waals surface area contributed by atoms with E-state index < -0.39 is 0 Å². The lowest BCUT2D eigenvalue weighted by Crippen LogP contribution is -2.24. The van der Waals surface area contributed by atoms with Crippen LogP contribution >= 0.6 is 0 Å². The first-order valence-corrected chi connectivity index (χ1v) is 7.28. The van der Waals surface area contributed by atoms with Crippen molar-refractivity contribution in [1.29, 1.82) is 0 Å². The number of rotatable bonds is 7. The third-order valence-corrected chi connectivity index (χ3v) is 3.36. The van der Waals surface area contributed by atoms with Gasteiger partial charge in [-0.05, 0) is 30.7 Å². The molecule has 0 bridgehead atoms. The van der Waals surface area contributed by atoms with Gasteiger partial charge in [0.25, 0.3) is 0 Å². The number of hydrogen-bond acceptors (Lipinski definition) is 4. The molecule has 0 amide bonds. The number of nitrogens with two attached hydrogens (primary N) is 1. The molecule has 0 aliphatic carbocycles.